The van der Waals surface area contributed by atoms with Crippen molar-refractivity contribution in [1.82, 2.24) is 0 Å². The first-order valence-electron chi connectivity index (χ1n) is 11.5. The van der Waals surface area contributed by atoms with Gasteiger partial charge in [-0.25, -0.2) is 4.39 Å². The van der Waals surface area contributed by atoms with Gasteiger partial charge in [0.2, 0.25) is 0 Å². The van der Waals surface area contributed by atoms with Gasteiger partial charge in [0.1, 0.15) is 5.82 Å². The Kier molecular flexibility index (Phi) is 6.78. The second-order valence-corrected chi connectivity index (χ2v) is 9.38. The van der Waals surface area contributed by atoms with E-state index < -0.39 is 0 Å². The second-order valence-electron chi connectivity index (χ2n) is 9.01. The van der Waals surface area contributed by atoms with Crippen molar-refractivity contribution >= 4 is 17.2 Å². The third-order valence-electron chi connectivity index (χ3n) is 7.38. The molecule has 0 aromatic heterocycles. The summed E-state index contributed by atoms with van der Waals surface area (Å²) in [6.07, 6.45) is 14.3. The Hall–Kier alpha value is -1.86. The fourth-order valence-electron chi connectivity index (χ4n) is 5.35. The van der Waals surface area contributed by atoms with E-state index in [0.717, 1.165) is 35.3 Å². The van der Waals surface area contributed by atoms with Gasteiger partial charge in [0.25, 0.3) is 0 Å². The summed E-state index contributed by atoms with van der Waals surface area (Å²) in [6, 6.07) is 12.3. The van der Waals surface area contributed by atoms with Crippen LogP contribution in [-0.2, 0) is 6.42 Å². The lowest BCUT2D eigenvalue weighted by atomic mass is 9.71. The van der Waals surface area contributed by atoms with E-state index in [2.05, 4.69) is 43.0 Å². The smallest absolute Gasteiger partial charge is 0.145 e. The van der Waals surface area contributed by atoms with Gasteiger partial charge >= 0.3 is 0 Å². The first kappa shape index (κ1) is 21.4. The van der Waals surface area contributed by atoms with Gasteiger partial charge in [0, 0.05) is 5.56 Å². The number of halogens is 2. The van der Waals surface area contributed by atoms with E-state index in [1.165, 1.54) is 49.7 Å². The summed E-state index contributed by atoms with van der Waals surface area (Å²) in [7, 11) is 0. The van der Waals surface area contributed by atoms with Gasteiger partial charge in [-0.05, 0) is 91.4 Å². The molecule has 0 heterocycles. The molecule has 2 aromatic rings. The maximum Gasteiger partial charge on any atom is 0.145 e. The Morgan fingerprint density at radius 1 is 0.967 bits per heavy atom. The van der Waals surface area contributed by atoms with Crippen molar-refractivity contribution in [3.05, 3.63) is 77.1 Å². The lowest BCUT2D eigenvalue weighted by Crippen LogP contribution is -2.22. The zero-order valence-electron chi connectivity index (χ0n) is 18.0. The van der Waals surface area contributed by atoms with Crippen LogP contribution in [0.1, 0.15) is 63.0 Å². The van der Waals surface area contributed by atoms with E-state index >= 15 is 0 Å². The molecule has 0 saturated heterocycles. The number of rotatable bonds is 5. The van der Waals surface area contributed by atoms with Crippen molar-refractivity contribution in [2.45, 2.75) is 58.3 Å². The third kappa shape index (κ3) is 4.42. The maximum atomic E-state index is 14.4. The molecule has 4 rings (SSSR count). The molecular weight excluding hydrogens is 391 g/mol. The molecule has 0 radical (unpaired) electrons. The first-order valence-corrected chi connectivity index (χ1v) is 11.9. The molecule has 1 saturated carbocycles. The van der Waals surface area contributed by atoms with Crippen LogP contribution in [0.4, 0.5) is 4.39 Å². The lowest BCUT2D eigenvalue weighted by Gasteiger charge is -2.34. The van der Waals surface area contributed by atoms with Crippen LogP contribution in [0.25, 0.3) is 16.7 Å². The molecule has 30 heavy (non-hydrogen) atoms. The summed E-state index contributed by atoms with van der Waals surface area (Å²) in [5.74, 6) is 2.20. The molecule has 0 nitrogen and oxygen atoms in total. The van der Waals surface area contributed by atoms with Crippen LogP contribution in [0.3, 0.4) is 0 Å². The van der Waals surface area contributed by atoms with Crippen LogP contribution in [0.15, 0.2) is 55.1 Å². The molecule has 1 fully saturated rings. The Labute approximate surface area is 185 Å². The van der Waals surface area contributed by atoms with E-state index in [1.54, 1.807) is 0 Å². The average Bonchev–Trinajstić information content (AvgIpc) is 2.81. The van der Waals surface area contributed by atoms with Crippen LogP contribution < -0.4 is 0 Å². The van der Waals surface area contributed by atoms with Crippen molar-refractivity contribution in [3.8, 4) is 11.1 Å². The van der Waals surface area contributed by atoms with E-state index in [1.807, 2.05) is 19.1 Å². The van der Waals surface area contributed by atoms with Gasteiger partial charge in [0.05, 0.1) is 5.02 Å². The van der Waals surface area contributed by atoms with Crippen LogP contribution in [0, 0.1) is 23.6 Å². The van der Waals surface area contributed by atoms with Crippen molar-refractivity contribution < 1.29 is 4.39 Å². The zero-order valence-corrected chi connectivity index (χ0v) is 18.7. The molecular formula is C28H32ClF. The van der Waals surface area contributed by atoms with E-state index in [-0.39, 0.29) is 10.8 Å². The average molecular weight is 423 g/mol. The number of hydrogen-bond donors (Lipinski definition) is 0. The Morgan fingerprint density at radius 3 is 2.27 bits per heavy atom. The topological polar surface area (TPSA) is 0 Å². The highest BCUT2D eigenvalue weighted by Crippen LogP contribution is 2.41. The first-order chi connectivity index (χ1) is 14.6. The Balaban J connectivity index is 1.43. The number of aryl methyl sites for hydroxylation is 1. The SMILES string of the molecule is C=CC1CCC(C2CC=C(c3ccc(-c4ccc(CC)c(F)c4Cl)cc3)CC2)CC1. The largest absolute Gasteiger partial charge is 0.205 e. The summed E-state index contributed by atoms with van der Waals surface area (Å²) < 4.78 is 14.4. The molecule has 2 aromatic carbocycles. The van der Waals surface area contributed by atoms with Crippen LogP contribution in [0.5, 0.6) is 0 Å². The van der Waals surface area contributed by atoms with Crippen LogP contribution >= 0.6 is 11.6 Å². The molecule has 0 amide bonds. The molecule has 2 aliphatic rings. The number of allylic oxidation sites excluding steroid dienone is 3. The van der Waals surface area contributed by atoms with Gasteiger partial charge < -0.3 is 0 Å². The van der Waals surface area contributed by atoms with E-state index in [9.17, 15) is 4.39 Å². The summed E-state index contributed by atoms with van der Waals surface area (Å²) in [4.78, 5) is 0. The Bertz CT molecular complexity index is 916. The predicted molar refractivity (Wildman–Crippen MR) is 127 cm³/mol. The van der Waals surface area contributed by atoms with Gasteiger partial charge in [-0.2, -0.15) is 0 Å². The van der Waals surface area contributed by atoms with Crippen molar-refractivity contribution in [2.75, 3.05) is 0 Å². The standard InChI is InChI=1S/C28H32ClF/c1-3-19-5-7-21(8-6-19)22-9-11-23(12-10-22)24-13-15-25(16-14-24)26-18-17-20(4-2)28(30)27(26)29/h3,11,13-19,21-22H,1,4-10,12H2,2H3. The Morgan fingerprint density at radius 2 is 1.67 bits per heavy atom. The minimum absolute atomic E-state index is 0.230. The lowest BCUT2D eigenvalue weighted by molar-refractivity contribution is 0.212. The summed E-state index contributed by atoms with van der Waals surface area (Å²) in [6.45, 7) is 5.91. The van der Waals surface area contributed by atoms with Gasteiger partial charge in [-0.1, -0.05) is 67.1 Å². The molecule has 0 N–H and O–H groups in total. The molecule has 2 aliphatic carbocycles. The minimum Gasteiger partial charge on any atom is -0.205 e. The van der Waals surface area contributed by atoms with Crippen LogP contribution in [-0.4, -0.2) is 0 Å². The molecule has 1 unspecified atom stereocenters. The van der Waals surface area contributed by atoms with Gasteiger partial charge in [-0.15, -0.1) is 6.58 Å². The van der Waals surface area contributed by atoms with Gasteiger partial charge in [0.15, 0.2) is 0 Å². The minimum atomic E-state index is -0.288. The molecule has 0 bridgehead atoms. The summed E-state index contributed by atoms with van der Waals surface area (Å²) >= 11 is 6.32. The molecule has 2 heteroatoms. The predicted octanol–water partition coefficient (Wildman–Crippen LogP) is 8.88. The molecule has 0 spiro atoms. The number of benzene rings is 2. The normalized spacial score (nSPS) is 24.4. The molecule has 1 atom stereocenters. The molecule has 158 valence electrons. The monoisotopic (exact) mass is 422 g/mol. The van der Waals surface area contributed by atoms with Crippen LogP contribution in [0.2, 0.25) is 5.02 Å². The fourth-order valence-corrected chi connectivity index (χ4v) is 5.64. The van der Waals surface area contributed by atoms with E-state index in [0.29, 0.717) is 12.0 Å². The quantitative estimate of drug-likeness (QED) is 0.422. The van der Waals surface area contributed by atoms with E-state index in [4.69, 9.17) is 11.6 Å². The summed E-state index contributed by atoms with van der Waals surface area (Å²) in [5.41, 5.74) is 5.15. The highest BCUT2D eigenvalue weighted by molar-refractivity contribution is 6.33. The third-order valence-corrected chi connectivity index (χ3v) is 7.75. The summed E-state index contributed by atoms with van der Waals surface area (Å²) in [5, 5.41) is 0.230. The van der Waals surface area contributed by atoms with Crippen molar-refractivity contribution in [2.24, 2.45) is 17.8 Å². The highest BCUT2D eigenvalue weighted by atomic mass is 35.5. The van der Waals surface area contributed by atoms with Crippen molar-refractivity contribution in [3.63, 3.8) is 0 Å². The molecule has 0 aliphatic heterocycles. The fraction of sp³-hybridized carbons (Fsp3) is 0.429. The maximum absolute atomic E-state index is 14.4. The second kappa shape index (κ2) is 9.52. The highest BCUT2D eigenvalue weighted by Gasteiger charge is 2.28. The zero-order chi connectivity index (χ0) is 21.1. The number of hydrogen-bond acceptors (Lipinski definition) is 0. The van der Waals surface area contributed by atoms with Crippen molar-refractivity contribution in [1.29, 1.82) is 0 Å². The van der Waals surface area contributed by atoms with Gasteiger partial charge in [-0.3, -0.25) is 0 Å².